The second-order valence-electron chi connectivity index (χ2n) is 4.11. The van der Waals surface area contributed by atoms with Crippen LogP contribution in [0.15, 0.2) is 18.2 Å². The first kappa shape index (κ1) is 15.1. The van der Waals surface area contributed by atoms with Crippen LogP contribution < -0.4 is 16.6 Å². The molecule has 1 rings (SSSR count). The van der Waals surface area contributed by atoms with Crippen LogP contribution in [0.25, 0.3) is 0 Å². The van der Waals surface area contributed by atoms with Crippen LogP contribution in [0, 0.1) is 0 Å². The predicted octanol–water partition coefficient (Wildman–Crippen LogP) is -0.747. The van der Waals surface area contributed by atoms with E-state index in [1.54, 1.807) is 18.2 Å². The van der Waals surface area contributed by atoms with Gasteiger partial charge in [0.15, 0.2) is 0 Å². The molecule has 19 heavy (non-hydrogen) atoms. The second-order valence-corrected chi connectivity index (χ2v) is 4.11. The minimum atomic E-state index is -0.437. The molecule has 0 radical (unpaired) electrons. The third kappa shape index (κ3) is 5.02. The van der Waals surface area contributed by atoms with Gasteiger partial charge in [-0.1, -0.05) is 6.07 Å². The molecule has 0 fully saturated rings. The minimum absolute atomic E-state index is 0.0409. The first-order valence-electron chi connectivity index (χ1n) is 5.99. The molecule has 0 aliphatic carbocycles. The normalized spacial score (nSPS) is 10.3. The van der Waals surface area contributed by atoms with E-state index in [0.717, 1.165) is 0 Å². The first-order chi connectivity index (χ1) is 9.06. The van der Waals surface area contributed by atoms with Gasteiger partial charge in [-0.15, -0.1) is 0 Å². The van der Waals surface area contributed by atoms with Crippen molar-refractivity contribution in [3.63, 3.8) is 0 Å². The van der Waals surface area contributed by atoms with Gasteiger partial charge in [-0.05, 0) is 26.1 Å². The number of likely N-dealkylation sites (N-methyl/N-ethyl adjacent to an activating group) is 2. The van der Waals surface area contributed by atoms with Gasteiger partial charge in [0.1, 0.15) is 5.69 Å². The number of carbonyl (C=O) groups excluding carboxylic acids is 2. The summed E-state index contributed by atoms with van der Waals surface area (Å²) < 4.78 is 0. The third-order valence-electron chi connectivity index (χ3n) is 2.39. The predicted molar refractivity (Wildman–Crippen MR) is 70.9 cm³/mol. The molecule has 0 atom stereocenters. The van der Waals surface area contributed by atoms with Crippen LogP contribution in [0.2, 0.25) is 0 Å². The van der Waals surface area contributed by atoms with Crippen molar-refractivity contribution in [2.24, 2.45) is 5.84 Å². The number of hydrazine groups is 1. The molecule has 1 heterocycles. The van der Waals surface area contributed by atoms with Crippen LogP contribution in [0.3, 0.4) is 0 Å². The summed E-state index contributed by atoms with van der Waals surface area (Å²) >= 11 is 0. The van der Waals surface area contributed by atoms with Gasteiger partial charge in [-0.25, -0.2) is 10.8 Å². The highest BCUT2D eigenvalue weighted by molar-refractivity contribution is 5.91. The van der Waals surface area contributed by atoms with Crippen LogP contribution in [-0.4, -0.2) is 41.8 Å². The van der Waals surface area contributed by atoms with E-state index in [-0.39, 0.29) is 18.1 Å². The fourth-order valence-corrected chi connectivity index (χ4v) is 1.60. The van der Waals surface area contributed by atoms with E-state index in [4.69, 9.17) is 5.84 Å². The number of hydrogen-bond donors (Lipinski definition) is 3. The van der Waals surface area contributed by atoms with Gasteiger partial charge in [-0.2, -0.15) is 0 Å². The summed E-state index contributed by atoms with van der Waals surface area (Å²) in [4.78, 5) is 28.7. The van der Waals surface area contributed by atoms with Gasteiger partial charge >= 0.3 is 0 Å². The van der Waals surface area contributed by atoms with Crippen LogP contribution in [0.1, 0.15) is 23.1 Å². The number of nitrogen functional groups attached to an aromatic ring is 1. The Kier molecular flexibility index (Phi) is 5.91. The Balaban J connectivity index is 2.61. The molecule has 0 spiro atoms. The Hall–Kier alpha value is -1.99. The van der Waals surface area contributed by atoms with Crippen molar-refractivity contribution < 1.29 is 9.59 Å². The van der Waals surface area contributed by atoms with Crippen molar-refractivity contribution in [3.05, 3.63) is 29.6 Å². The highest BCUT2D eigenvalue weighted by Gasteiger charge is 2.09. The fourth-order valence-electron chi connectivity index (χ4n) is 1.60. The summed E-state index contributed by atoms with van der Waals surface area (Å²) in [6.07, 6.45) is 0. The zero-order valence-electron chi connectivity index (χ0n) is 11.1. The standard InChI is InChI=1S/C12H19N5O2/c1-3-14-11(18)8-17(2)7-9-5-4-6-10(15-9)12(19)16-13/h4-6H,3,7-8,13H2,1-2H3,(H,14,18)(H,16,19). The Morgan fingerprint density at radius 2 is 2.16 bits per heavy atom. The molecular weight excluding hydrogens is 246 g/mol. The summed E-state index contributed by atoms with van der Waals surface area (Å²) in [6, 6.07) is 5.10. The van der Waals surface area contributed by atoms with E-state index in [2.05, 4.69) is 10.3 Å². The Labute approximate surface area is 112 Å². The lowest BCUT2D eigenvalue weighted by Gasteiger charge is -2.15. The van der Waals surface area contributed by atoms with E-state index >= 15 is 0 Å². The second kappa shape index (κ2) is 7.45. The molecule has 0 aliphatic rings. The highest BCUT2D eigenvalue weighted by atomic mass is 16.2. The Morgan fingerprint density at radius 3 is 2.79 bits per heavy atom. The van der Waals surface area contributed by atoms with Crippen molar-refractivity contribution >= 4 is 11.8 Å². The van der Waals surface area contributed by atoms with Crippen LogP contribution in [-0.2, 0) is 11.3 Å². The largest absolute Gasteiger partial charge is 0.355 e. The average Bonchev–Trinajstić information content (AvgIpc) is 2.38. The molecule has 0 aromatic carbocycles. The molecule has 2 amide bonds. The van der Waals surface area contributed by atoms with E-state index in [1.807, 2.05) is 24.3 Å². The maximum absolute atomic E-state index is 11.4. The number of rotatable bonds is 6. The van der Waals surface area contributed by atoms with E-state index in [1.165, 1.54) is 0 Å². The number of nitrogens with two attached hydrogens (primary N) is 1. The zero-order chi connectivity index (χ0) is 14.3. The number of nitrogens with zero attached hydrogens (tertiary/aromatic N) is 2. The quantitative estimate of drug-likeness (QED) is 0.357. The molecule has 1 aromatic heterocycles. The van der Waals surface area contributed by atoms with Crippen LogP contribution in [0.5, 0.6) is 0 Å². The maximum atomic E-state index is 11.4. The lowest BCUT2D eigenvalue weighted by molar-refractivity contribution is -0.121. The summed E-state index contributed by atoms with van der Waals surface area (Å²) in [5.41, 5.74) is 2.99. The zero-order valence-corrected chi connectivity index (χ0v) is 11.1. The lowest BCUT2D eigenvalue weighted by Crippen LogP contribution is -2.35. The van der Waals surface area contributed by atoms with Gasteiger partial charge in [-0.3, -0.25) is 19.9 Å². The van der Waals surface area contributed by atoms with Crippen molar-refractivity contribution in [1.29, 1.82) is 0 Å². The molecule has 7 nitrogen and oxygen atoms in total. The Bertz CT molecular complexity index is 450. The number of aromatic nitrogens is 1. The molecule has 104 valence electrons. The molecule has 0 unspecified atom stereocenters. The maximum Gasteiger partial charge on any atom is 0.283 e. The number of amides is 2. The molecule has 4 N–H and O–H groups in total. The molecular formula is C12H19N5O2. The SMILES string of the molecule is CCNC(=O)CN(C)Cc1cccc(C(=O)NN)n1. The Morgan fingerprint density at radius 1 is 1.42 bits per heavy atom. The van der Waals surface area contributed by atoms with Crippen molar-refractivity contribution in [1.82, 2.24) is 20.6 Å². The summed E-state index contributed by atoms with van der Waals surface area (Å²) in [5, 5.41) is 2.72. The van der Waals surface area contributed by atoms with Crippen LogP contribution in [0.4, 0.5) is 0 Å². The molecule has 0 saturated heterocycles. The molecule has 1 aromatic rings. The minimum Gasteiger partial charge on any atom is -0.355 e. The van der Waals surface area contributed by atoms with Gasteiger partial charge in [0.25, 0.3) is 5.91 Å². The van der Waals surface area contributed by atoms with Gasteiger partial charge in [0, 0.05) is 13.1 Å². The average molecular weight is 265 g/mol. The first-order valence-corrected chi connectivity index (χ1v) is 5.99. The van der Waals surface area contributed by atoms with Gasteiger partial charge in [0.2, 0.25) is 5.91 Å². The number of nitrogens with one attached hydrogen (secondary N) is 2. The number of pyridine rings is 1. The number of carbonyl (C=O) groups is 2. The van der Waals surface area contributed by atoms with Crippen LogP contribution >= 0.6 is 0 Å². The topological polar surface area (TPSA) is 100 Å². The van der Waals surface area contributed by atoms with E-state index in [9.17, 15) is 9.59 Å². The summed E-state index contributed by atoms with van der Waals surface area (Å²) in [7, 11) is 1.81. The van der Waals surface area contributed by atoms with Gasteiger partial charge < -0.3 is 5.32 Å². The molecule has 0 aliphatic heterocycles. The van der Waals surface area contributed by atoms with Gasteiger partial charge in [0.05, 0.1) is 12.2 Å². The van der Waals surface area contributed by atoms with Crippen molar-refractivity contribution in [2.75, 3.05) is 20.1 Å². The summed E-state index contributed by atoms with van der Waals surface area (Å²) in [6.45, 7) is 3.23. The monoisotopic (exact) mass is 265 g/mol. The number of hydrogen-bond acceptors (Lipinski definition) is 5. The summed E-state index contributed by atoms with van der Waals surface area (Å²) in [5.74, 6) is 4.57. The van der Waals surface area contributed by atoms with E-state index in [0.29, 0.717) is 18.8 Å². The third-order valence-corrected chi connectivity index (χ3v) is 2.39. The molecule has 0 saturated carbocycles. The van der Waals surface area contributed by atoms with Crippen molar-refractivity contribution in [3.8, 4) is 0 Å². The molecule has 7 heteroatoms. The van der Waals surface area contributed by atoms with E-state index < -0.39 is 5.91 Å². The smallest absolute Gasteiger partial charge is 0.283 e. The van der Waals surface area contributed by atoms with Crippen molar-refractivity contribution in [2.45, 2.75) is 13.5 Å². The highest BCUT2D eigenvalue weighted by Crippen LogP contribution is 2.02. The molecule has 0 bridgehead atoms. The lowest BCUT2D eigenvalue weighted by atomic mass is 10.3. The fraction of sp³-hybridized carbons (Fsp3) is 0.417.